The fourth-order valence-electron chi connectivity index (χ4n) is 2.28. The van der Waals surface area contributed by atoms with E-state index >= 15 is 0 Å². The summed E-state index contributed by atoms with van der Waals surface area (Å²) in [4.78, 5) is 24.3. The van der Waals surface area contributed by atoms with Gasteiger partial charge in [0.05, 0.1) is 27.0 Å². The van der Waals surface area contributed by atoms with Gasteiger partial charge in [-0.1, -0.05) is 11.4 Å². The second-order valence-corrected chi connectivity index (χ2v) is 6.04. The van der Waals surface area contributed by atoms with Gasteiger partial charge in [0.2, 0.25) is 5.75 Å². The highest BCUT2D eigenvalue weighted by atomic mass is 32.1. The number of benzene rings is 1. The molecule has 0 spiro atoms. The molecule has 146 valence electrons. The number of carbonyl (C=O) groups excluding carboxylic acids is 2. The fraction of sp³-hybridized carbons (Fsp3) is 0.412. The minimum absolute atomic E-state index is 0.204. The maximum atomic E-state index is 12.0. The molecule has 0 radical (unpaired) electrons. The van der Waals surface area contributed by atoms with Crippen LogP contribution in [0.2, 0.25) is 0 Å². The zero-order chi connectivity index (χ0) is 19.8. The van der Waals surface area contributed by atoms with Gasteiger partial charge in [0.1, 0.15) is 0 Å². The normalized spacial score (nSPS) is 10.2. The van der Waals surface area contributed by atoms with Gasteiger partial charge >= 0.3 is 5.97 Å². The SMILES string of the molecule is CCc1nnsc1C(=O)OCC(=O)NCc1cc(OC)c(OC)c(OC)c1. The molecule has 10 heteroatoms. The predicted molar refractivity (Wildman–Crippen MR) is 97.5 cm³/mol. The quantitative estimate of drug-likeness (QED) is 0.638. The second-order valence-electron chi connectivity index (χ2n) is 5.29. The van der Waals surface area contributed by atoms with Crippen molar-refractivity contribution < 1.29 is 28.5 Å². The molecule has 0 aliphatic carbocycles. The lowest BCUT2D eigenvalue weighted by Gasteiger charge is -2.14. The molecule has 0 unspecified atom stereocenters. The third kappa shape index (κ3) is 5.07. The van der Waals surface area contributed by atoms with Gasteiger partial charge in [-0.25, -0.2) is 4.79 Å². The van der Waals surface area contributed by atoms with Crippen molar-refractivity contribution in [1.29, 1.82) is 0 Å². The monoisotopic (exact) mass is 395 g/mol. The van der Waals surface area contributed by atoms with Crippen molar-refractivity contribution in [3.8, 4) is 17.2 Å². The third-order valence-corrected chi connectivity index (χ3v) is 4.37. The third-order valence-electron chi connectivity index (χ3n) is 3.62. The summed E-state index contributed by atoms with van der Waals surface area (Å²) in [5.41, 5.74) is 1.30. The van der Waals surface area contributed by atoms with E-state index in [1.807, 2.05) is 6.92 Å². The zero-order valence-electron chi connectivity index (χ0n) is 15.5. The van der Waals surface area contributed by atoms with E-state index in [-0.39, 0.29) is 6.54 Å². The van der Waals surface area contributed by atoms with E-state index in [0.717, 1.165) is 17.1 Å². The maximum absolute atomic E-state index is 12.0. The van der Waals surface area contributed by atoms with E-state index in [1.54, 1.807) is 12.1 Å². The van der Waals surface area contributed by atoms with Gasteiger partial charge in [0.25, 0.3) is 5.91 Å². The van der Waals surface area contributed by atoms with E-state index in [0.29, 0.717) is 34.2 Å². The highest BCUT2D eigenvalue weighted by molar-refractivity contribution is 7.07. The molecule has 1 N–H and O–H groups in total. The Morgan fingerprint density at radius 1 is 1.11 bits per heavy atom. The van der Waals surface area contributed by atoms with Crippen LogP contribution in [0.3, 0.4) is 0 Å². The molecule has 0 saturated carbocycles. The second kappa shape index (κ2) is 9.72. The van der Waals surface area contributed by atoms with Crippen molar-refractivity contribution in [2.75, 3.05) is 27.9 Å². The van der Waals surface area contributed by atoms with Crippen LogP contribution in [-0.2, 0) is 22.5 Å². The molecule has 1 aromatic heterocycles. The molecule has 2 aromatic rings. The number of nitrogens with one attached hydrogen (secondary N) is 1. The van der Waals surface area contributed by atoms with Crippen LogP contribution in [0.15, 0.2) is 12.1 Å². The maximum Gasteiger partial charge on any atom is 0.352 e. The fourth-order valence-corrected chi connectivity index (χ4v) is 2.93. The molecule has 0 fully saturated rings. The molecule has 1 heterocycles. The summed E-state index contributed by atoms with van der Waals surface area (Å²) in [6, 6.07) is 3.45. The minimum atomic E-state index is -0.607. The summed E-state index contributed by atoms with van der Waals surface area (Å²) in [6.07, 6.45) is 0.564. The van der Waals surface area contributed by atoms with Crippen LogP contribution in [-0.4, -0.2) is 49.4 Å². The zero-order valence-corrected chi connectivity index (χ0v) is 16.3. The molecule has 9 nitrogen and oxygen atoms in total. The smallest absolute Gasteiger partial charge is 0.352 e. The molecule has 27 heavy (non-hydrogen) atoms. The summed E-state index contributed by atoms with van der Waals surface area (Å²) < 4.78 is 24.5. The van der Waals surface area contributed by atoms with Gasteiger partial charge in [-0.3, -0.25) is 4.79 Å². The predicted octanol–water partition coefficient (Wildman–Crippen LogP) is 1.60. The van der Waals surface area contributed by atoms with Gasteiger partial charge in [-0.05, 0) is 35.6 Å². The van der Waals surface area contributed by atoms with E-state index in [1.165, 1.54) is 21.3 Å². The molecule has 0 aliphatic heterocycles. The number of carbonyl (C=O) groups is 2. The average Bonchev–Trinajstić information content (AvgIpc) is 3.18. The number of methoxy groups -OCH3 is 3. The van der Waals surface area contributed by atoms with E-state index < -0.39 is 18.5 Å². The van der Waals surface area contributed by atoms with Crippen molar-refractivity contribution in [3.63, 3.8) is 0 Å². The number of esters is 1. The van der Waals surface area contributed by atoms with Crippen LogP contribution < -0.4 is 19.5 Å². The molecule has 0 aliphatic rings. The summed E-state index contributed by atoms with van der Waals surface area (Å²) in [5.74, 6) is 0.390. The lowest BCUT2D eigenvalue weighted by molar-refractivity contribution is -0.124. The number of amides is 1. The number of hydrogen-bond donors (Lipinski definition) is 1. The van der Waals surface area contributed by atoms with Crippen molar-refractivity contribution in [2.45, 2.75) is 19.9 Å². The lowest BCUT2D eigenvalue weighted by atomic mass is 10.1. The highest BCUT2D eigenvalue weighted by Gasteiger charge is 2.18. The first-order valence-corrected chi connectivity index (χ1v) is 8.85. The summed E-state index contributed by atoms with van der Waals surface area (Å²) in [5, 5.41) is 6.51. The largest absolute Gasteiger partial charge is 0.493 e. The molecular formula is C17H21N3O6S. The Morgan fingerprint density at radius 3 is 2.33 bits per heavy atom. The molecule has 2 rings (SSSR count). The Hall–Kier alpha value is -2.88. The van der Waals surface area contributed by atoms with Gasteiger partial charge in [-0.15, -0.1) is 5.10 Å². The Balaban J connectivity index is 1.93. The molecular weight excluding hydrogens is 374 g/mol. The van der Waals surface area contributed by atoms with Gasteiger partial charge < -0.3 is 24.3 Å². The van der Waals surface area contributed by atoms with Crippen molar-refractivity contribution >= 4 is 23.4 Å². The standard InChI is InChI=1S/C17H21N3O6S/c1-5-11-16(27-20-19-11)17(22)26-9-14(21)18-8-10-6-12(23-2)15(25-4)13(7-10)24-3/h6-7H,5,8-9H2,1-4H3,(H,18,21). The molecule has 1 amide bonds. The van der Waals surface area contributed by atoms with Gasteiger partial charge in [0.15, 0.2) is 23.0 Å². The van der Waals surface area contributed by atoms with Crippen molar-refractivity contribution in [1.82, 2.24) is 14.9 Å². The minimum Gasteiger partial charge on any atom is -0.493 e. The molecule has 0 bridgehead atoms. The van der Waals surface area contributed by atoms with Crippen LogP contribution in [0.1, 0.15) is 27.9 Å². The van der Waals surface area contributed by atoms with Crippen LogP contribution >= 0.6 is 11.5 Å². The van der Waals surface area contributed by atoms with Crippen molar-refractivity contribution in [2.24, 2.45) is 0 Å². The highest BCUT2D eigenvalue weighted by Crippen LogP contribution is 2.38. The average molecular weight is 395 g/mol. The van der Waals surface area contributed by atoms with E-state index in [9.17, 15) is 9.59 Å². The Bertz CT molecular complexity index is 783. The molecule has 0 saturated heterocycles. The number of nitrogens with zero attached hydrogens (tertiary/aromatic N) is 2. The van der Waals surface area contributed by atoms with Crippen molar-refractivity contribution in [3.05, 3.63) is 28.3 Å². The first-order valence-electron chi connectivity index (χ1n) is 8.07. The van der Waals surface area contributed by atoms with Crippen LogP contribution in [0.5, 0.6) is 17.2 Å². The van der Waals surface area contributed by atoms with Gasteiger partial charge in [0, 0.05) is 6.54 Å². The number of ether oxygens (including phenoxy) is 4. The molecule has 0 atom stereocenters. The van der Waals surface area contributed by atoms with Gasteiger partial charge in [-0.2, -0.15) is 0 Å². The Labute approximate surface area is 160 Å². The van der Waals surface area contributed by atoms with E-state index in [2.05, 4.69) is 14.9 Å². The number of aromatic nitrogens is 2. The number of aryl methyl sites for hydroxylation is 1. The topological polar surface area (TPSA) is 109 Å². The number of rotatable bonds is 9. The summed E-state index contributed by atoms with van der Waals surface area (Å²) >= 11 is 0.949. The lowest BCUT2D eigenvalue weighted by Crippen LogP contribution is -2.28. The molecule has 1 aromatic carbocycles. The van der Waals surface area contributed by atoms with Crippen LogP contribution in [0, 0.1) is 0 Å². The Kier molecular flexibility index (Phi) is 7.35. The Morgan fingerprint density at radius 2 is 1.78 bits per heavy atom. The summed E-state index contributed by atoms with van der Waals surface area (Å²) in [7, 11) is 4.54. The number of hydrogen-bond acceptors (Lipinski definition) is 9. The summed E-state index contributed by atoms with van der Waals surface area (Å²) in [6.45, 7) is 1.66. The first kappa shape index (κ1) is 20.4. The van der Waals surface area contributed by atoms with Crippen LogP contribution in [0.4, 0.5) is 0 Å². The van der Waals surface area contributed by atoms with Crippen LogP contribution in [0.25, 0.3) is 0 Å². The van der Waals surface area contributed by atoms with E-state index in [4.69, 9.17) is 18.9 Å². The first-order chi connectivity index (χ1) is 13.0.